The van der Waals surface area contributed by atoms with Crippen molar-refractivity contribution in [1.82, 2.24) is 20.0 Å². The Morgan fingerprint density at radius 1 is 1.42 bits per heavy atom. The third-order valence-electron chi connectivity index (χ3n) is 5.12. The molecule has 3 atom stereocenters. The number of aromatic nitrogens is 2. The maximum Gasteiger partial charge on any atom is 0.249 e. The van der Waals surface area contributed by atoms with Crippen molar-refractivity contribution in [3.63, 3.8) is 0 Å². The molecule has 140 valence electrons. The zero-order valence-corrected chi connectivity index (χ0v) is 15.2. The molecule has 26 heavy (non-hydrogen) atoms. The molecule has 8 heteroatoms. The van der Waals surface area contributed by atoms with E-state index in [0.717, 1.165) is 18.5 Å². The van der Waals surface area contributed by atoms with Crippen LogP contribution in [0.15, 0.2) is 25.0 Å². The zero-order valence-electron chi connectivity index (χ0n) is 15.2. The molecule has 2 saturated heterocycles. The van der Waals surface area contributed by atoms with Crippen LogP contribution in [0.5, 0.6) is 0 Å². The molecule has 3 heterocycles. The summed E-state index contributed by atoms with van der Waals surface area (Å²) >= 11 is 0. The Morgan fingerprint density at radius 3 is 2.85 bits per heavy atom. The fourth-order valence-corrected chi connectivity index (χ4v) is 3.78. The second-order valence-corrected chi connectivity index (χ2v) is 7.05. The first-order valence-corrected chi connectivity index (χ1v) is 8.94. The van der Waals surface area contributed by atoms with Crippen LogP contribution in [0.3, 0.4) is 0 Å². The van der Waals surface area contributed by atoms with Crippen molar-refractivity contribution in [3.05, 3.63) is 25.0 Å². The second kappa shape index (κ2) is 7.31. The highest BCUT2D eigenvalue weighted by Crippen LogP contribution is 2.27. The van der Waals surface area contributed by atoms with E-state index in [2.05, 4.69) is 17.0 Å². The fourth-order valence-electron chi connectivity index (χ4n) is 3.78. The minimum Gasteiger partial charge on any atom is -0.344 e. The number of likely N-dealkylation sites (tertiary alicyclic amines) is 1. The van der Waals surface area contributed by atoms with Gasteiger partial charge in [0.1, 0.15) is 6.04 Å². The molecular formula is C18H25N5O3. The lowest BCUT2D eigenvalue weighted by molar-refractivity contribution is -0.134. The van der Waals surface area contributed by atoms with Gasteiger partial charge in [-0.25, -0.2) is 0 Å². The molecule has 0 radical (unpaired) electrons. The van der Waals surface area contributed by atoms with Crippen LogP contribution in [0.2, 0.25) is 0 Å². The summed E-state index contributed by atoms with van der Waals surface area (Å²) < 4.78 is 1.65. The molecule has 1 aromatic rings. The summed E-state index contributed by atoms with van der Waals surface area (Å²) in [5.74, 6) is -0.724. The van der Waals surface area contributed by atoms with Gasteiger partial charge in [-0.2, -0.15) is 5.10 Å². The standard InChI is InChI=1S/C18H25N5O3/c1-4-16(24)22-7-5-6-13(10-22)17(25)20-15-8-12(2)23(18(15)26)14-9-19-21(3)11-14/h4,9,11-13,15H,1,5-8,10H2,2-3H3,(H,20,25). The number of nitrogens with one attached hydrogen (secondary N) is 1. The highest BCUT2D eigenvalue weighted by atomic mass is 16.2. The highest BCUT2D eigenvalue weighted by molar-refractivity contribution is 6.02. The van der Waals surface area contributed by atoms with Gasteiger partial charge in [-0.3, -0.25) is 19.1 Å². The zero-order chi connectivity index (χ0) is 18.8. The van der Waals surface area contributed by atoms with E-state index in [1.165, 1.54) is 6.08 Å². The maximum atomic E-state index is 12.8. The first-order chi connectivity index (χ1) is 12.4. The summed E-state index contributed by atoms with van der Waals surface area (Å²) in [6.07, 6.45) is 6.76. The molecule has 0 spiro atoms. The predicted molar refractivity (Wildman–Crippen MR) is 96.2 cm³/mol. The molecule has 0 aromatic carbocycles. The van der Waals surface area contributed by atoms with Crippen molar-refractivity contribution in [2.75, 3.05) is 18.0 Å². The Hall–Kier alpha value is -2.64. The molecule has 2 aliphatic rings. The van der Waals surface area contributed by atoms with E-state index in [9.17, 15) is 14.4 Å². The van der Waals surface area contributed by atoms with Crippen molar-refractivity contribution < 1.29 is 14.4 Å². The van der Waals surface area contributed by atoms with Gasteiger partial charge in [0.15, 0.2) is 0 Å². The van der Waals surface area contributed by atoms with Gasteiger partial charge in [-0.1, -0.05) is 6.58 Å². The Morgan fingerprint density at radius 2 is 2.19 bits per heavy atom. The maximum absolute atomic E-state index is 12.8. The van der Waals surface area contributed by atoms with Gasteiger partial charge < -0.3 is 15.1 Å². The number of amides is 3. The minimum atomic E-state index is -0.539. The monoisotopic (exact) mass is 359 g/mol. The van der Waals surface area contributed by atoms with Crippen LogP contribution in [-0.4, -0.2) is 57.6 Å². The van der Waals surface area contributed by atoms with Gasteiger partial charge in [0.2, 0.25) is 17.7 Å². The van der Waals surface area contributed by atoms with Crippen LogP contribution in [0.4, 0.5) is 5.69 Å². The molecule has 0 saturated carbocycles. The van der Waals surface area contributed by atoms with Crippen LogP contribution >= 0.6 is 0 Å². The molecule has 3 unspecified atom stereocenters. The molecule has 1 aromatic heterocycles. The van der Waals surface area contributed by atoms with Gasteiger partial charge in [0.25, 0.3) is 0 Å². The van der Waals surface area contributed by atoms with Crippen LogP contribution in [-0.2, 0) is 21.4 Å². The first kappa shape index (κ1) is 18.2. The predicted octanol–water partition coefficient (Wildman–Crippen LogP) is 0.455. The number of aryl methyl sites for hydroxylation is 1. The number of anilines is 1. The lowest BCUT2D eigenvalue weighted by Gasteiger charge is -2.31. The summed E-state index contributed by atoms with van der Waals surface area (Å²) in [6.45, 7) is 6.47. The van der Waals surface area contributed by atoms with Gasteiger partial charge in [0, 0.05) is 32.4 Å². The van der Waals surface area contributed by atoms with E-state index < -0.39 is 6.04 Å². The average molecular weight is 359 g/mol. The third kappa shape index (κ3) is 3.49. The largest absolute Gasteiger partial charge is 0.344 e. The number of hydrogen-bond donors (Lipinski definition) is 1. The summed E-state index contributed by atoms with van der Waals surface area (Å²) in [5, 5.41) is 7.00. The minimum absolute atomic E-state index is 0.0119. The van der Waals surface area contributed by atoms with Crippen molar-refractivity contribution >= 4 is 23.4 Å². The topological polar surface area (TPSA) is 87.5 Å². The van der Waals surface area contributed by atoms with Crippen LogP contribution < -0.4 is 10.2 Å². The molecule has 3 amide bonds. The van der Waals surface area contributed by atoms with Crippen molar-refractivity contribution in [2.45, 2.75) is 38.3 Å². The summed E-state index contributed by atoms with van der Waals surface area (Å²) in [4.78, 5) is 40.5. The number of nitrogens with zero attached hydrogens (tertiary/aromatic N) is 4. The molecule has 0 aliphatic carbocycles. The first-order valence-electron chi connectivity index (χ1n) is 8.94. The molecule has 8 nitrogen and oxygen atoms in total. The number of rotatable bonds is 4. The second-order valence-electron chi connectivity index (χ2n) is 7.05. The Bertz CT molecular complexity index is 728. The Labute approximate surface area is 152 Å². The van der Waals surface area contributed by atoms with E-state index in [1.807, 2.05) is 6.92 Å². The van der Waals surface area contributed by atoms with Crippen LogP contribution in [0.1, 0.15) is 26.2 Å². The number of carbonyl (C=O) groups is 3. The van der Waals surface area contributed by atoms with E-state index in [-0.39, 0.29) is 29.7 Å². The van der Waals surface area contributed by atoms with Gasteiger partial charge >= 0.3 is 0 Å². The third-order valence-corrected chi connectivity index (χ3v) is 5.12. The molecular weight excluding hydrogens is 334 g/mol. The van der Waals surface area contributed by atoms with Crippen molar-refractivity contribution in [3.8, 4) is 0 Å². The smallest absolute Gasteiger partial charge is 0.249 e. The fraction of sp³-hybridized carbons (Fsp3) is 0.556. The van der Waals surface area contributed by atoms with E-state index >= 15 is 0 Å². The van der Waals surface area contributed by atoms with Crippen molar-refractivity contribution in [2.24, 2.45) is 13.0 Å². The summed E-state index contributed by atoms with van der Waals surface area (Å²) in [5.41, 5.74) is 0.738. The van der Waals surface area contributed by atoms with E-state index in [0.29, 0.717) is 19.5 Å². The molecule has 0 bridgehead atoms. The lowest BCUT2D eigenvalue weighted by atomic mass is 9.96. The Kier molecular flexibility index (Phi) is 5.11. The van der Waals surface area contributed by atoms with Gasteiger partial charge in [-0.15, -0.1) is 0 Å². The van der Waals surface area contributed by atoms with Gasteiger partial charge in [-0.05, 0) is 32.3 Å². The summed E-state index contributed by atoms with van der Waals surface area (Å²) in [7, 11) is 1.80. The normalized spacial score (nSPS) is 26.1. The van der Waals surface area contributed by atoms with E-state index in [1.54, 1.807) is 33.9 Å². The average Bonchev–Trinajstić information content (AvgIpc) is 3.17. The quantitative estimate of drug-likeness (QED) is 0.791. The number of hydrogen-bond acceptors (Lipinski definition) is 4. The van der Waals surface area contributed by atoms with Crippen LogP contribution in [0.25, 0.3) is 0 Å². The molecule has 3 rings (SSSR count). The van der Waals surface area contributed by atoms with Crippen LogP contribution in [0, 0.1) is 5.92 Å². The molecule has 1 N–H and O–H groups in total. The SMILES string of the molecule is C=CC(=O)N1CCCC(C(=O)NC2CC(C)N(c3cnn(C)c3)C2=O)C1. The number of piperidine rings is 1. The molecule has 2 aliphatic heterocycles. The van der Waals surface area contributed by atoms with Crippen molar-refractivity contribution in [1.29, 1.82) is 0 Å². The van der Waals surface area contributed by atoms with E-state index in [4.69, 9.17) is 0 Å². The Balaban J connectivity index is 1.63. The lowest BCUT2D eigenvalue weighted by Crippen LogP contribution is -2.49. The highest BCUT2D eigenvalue weighted by Gasteiger charge is 2.40. The van der Waals surface area contributed by atoms with Gasteiger partial charge in [0.05, 0.1) is 17.8 Å². The number of carbonyl (C=O) groups excluding carboxylic acids is 3. The summed E-state index contributed by atoms with van der Waals surface area (Å²) in [6, 6.07) is -0.551. The molecule has 2 fully saturated rings.